The van der Waals surface area contributed by atoms with Crippen molar-refractivity contribution in [2.24, 2.45) is 24.5 Å². The summed E-state index contributed by atoms with van der Waals surface area (Å²) in [6, 6.07) is 8.68. The molecule has 0 bridgehead atoms. The van der Waals surface area contributed by atoms with Crippen molar-refractivity contribution in [2.45, 2.75) is 45.3 Å². The molecule has 15 heteroatoms. The van der Waals surface area contributed by atoms with Crippen LogP contribution in [-0.4, -0.2) is 36.9 Å². The first-order valence-electron chi connectivity index (χ1n) is 13.9. The summed E-state index contributed by atoms with van der Waals surface area (Å²) >= 11 is 6.20. The number of pyridine rings is 1. The highest BCUT2D eigenvalue weighted by atomic mass is 35.5. The number of allylic oxidation sites excluding steroid dienone is 1. The number of benzene rings is 1. The molecule has 0 aliphatic carbocycles. The summed E-state index contributed by atoms with van der Waals surface area (Å²) in [4.78, 5) is 33.9. The Labute approximate surface area is 262 Å². The minimum Gasteiger partial charge on any atom is -0.393 e. The van der Waals surface area contributed by atoms with Gasteiger partial charge in [-0.3, -0.25) is 28.8 Å². The van der Waals surface area contributed by atoms with Gasteiger partial charge in [-0.25, -0.2) is 10.8 Å². The van der Waals surface area contributed by atoms with E-state index in [1.165, 1.54) is 41.4 Å². The van der Waals surface area contributed by atoms with Crippen LogP contribution in [0.4, 0.5) is 24.5 Å². The Hall–Kier alpha value is -4.69. The van der Waals surface area contributed by atoms with Gasteiger partial charge in [-0.2, -0.15) is 18.3 Å². The average Bonchev–Trinajstić information content (AvgIpc) is 3.34. The van der Waals surface area contributed by atoms with E-state index in [0.29, 0.717) is 47.0 Å². The summed E-state index contributed by atoms with van der Waals surface area (Å²) < 4.78 is 42.3. The molecular formula is C30H33ClF3N9O2. The molecule has 11 nitrogen and oxygen atoms in total. The number of aromatic nitrogens is 5. The van der Waals surface area contributed by atoms with Crippen molar-refractivity contribution in [1.82, 2.24) is 24.3 Å². The maximum Gasteiger partial charge on any atom is 0.432 e. The second kappa shape index (κ2) is 13.9. The number of halogens is 4. The quantitative estimate of drug-likeness (QED) is 0.106. The van der Waals surface area contributed by atoms with Crippen LogP contribution in [0.15, 0.2) is 71.8 Å². The molecule has 1 atom stereocenters. The van der Waals surface area contributed by atoms with Crippen molar-refractivity contribution < 1.29 is 18.0 Å². The smallest absolute Gasteiger partial charge is 0.393 e. The van der Waals surface area contributed by atoms with Gasteiger partial charge in [0.2, 0.25) is 6.41 Å². The third-order valence-electron chi connectivity index (χ3n) is 7.10. The van der Waals surface area contributed by atoms with E-state index in [0.717, 1.165) is 18.4 Å². The molecule has 5 N–H and O–H groups in total. The lowest BCUT2D eigenvalue weighted by molar-refractivity contribution is -0.105. The molecule has 0 aliphatic heterocycles. The zero-order valence-electron chi connectivity index (χ0n) is 24.8. The molecule has 1 aromatic carbocycles. The van der Waals surface area contributed by atoms with Gasteiger partial charge in [0.15, 0.2) is 0 Å². The van der Waals surface area contributed by atoms with E-state index in [1.54, 1.807) is 24.0 Å². The number of amides is 1. The number of carbonyl (C=O) groups is 1. The Morgan fingerprint density at radius 1 is 1.16 bits per heavy atom. The monoisotopic (exact) mass is 643 g/mol. The summed E-state index contributed by atoms with van der Waals surface area (Å²) in [6.45, 7) is 4.22. The second-order valence-corrected chi connectivity index (χ2v) is 11.2. The van der Waals surface area contributed by atoms with Crippen LogP contribution < -0.4 is 27.5 Å². The molecule has 0 saturated carbocycles. The first-order valence-corrected chi connectivity index (χ1v) is 14.3. The number of hydrogen-bond acceptors (Lipinski definition) is 8. The van der Waals surface area contributed by atoms with Crippen molar-refractivity contribution in [3.8, 4) is 22.5 Å². The van der Waals surface area contributed by atoms with Gasteiger partial charge in [0.1, 0.15) is 5.70 Å². The van der Waals surface area contributed by atoms with Crippen LogP contribution in [0.3, 0.4) is 0 Å². The van der Waals surface area contributed by atoms with Crippen LogP contribution in [0.1, 0.15) is 44.8 Å². The Morgan fingerprint density at radius 2 is 1.91 bits per heavy atom. The van der Waals surface area contributed by atoms with Gasteiger partial charge in [-0.1, -0.05) is 38.3 Å². The summed E-state index contributed by atoms with van der Waals surface area (Å²) in [6.07, 6.45) is 3.13. The predicted octanol–water partition coefficient (Wildman–Crippen LogP) is 5.39. The van der Waals surface area contributed by atoms with Crippen LogP contribution in [0.2, 0.25) is 5.02 Å². The lowest BCUT2D eigenvalue weighted by Gasteiger charge is -2.22. The van der Waals surface area contributed by atoms with Gasteiger partial charge in [-0.15, -0.1) is 0 Å². The average molecular weight is 644 g/mol. The largest absolute Gasteiger partial charge is 0.432 e. The molecule has 1 amide bonds. The number of rotatable bonds is 12. The molecule has 4 aromatic rings. The summed E-state index contributed by atoms with van der Waals surface area (Å²) in [5.41, 5.74) is 6.29. The lowest BCUT2D eigenvalue weighted by Crippen LogP contribution is -2.30. The second-order valence-electron chi connectivity index (χ2n) is 10.8. The van der Waals surface area contributed by atoms with Crippen molar-refractivity contribution >= 4 is 29.4 Å². The van der Waals surface area contributed by atoms with E-state index in [2.05, 4.69) is 34.2 Å². The highest BCUT2D eigenvalue weighted by molar-refractivity contribution is 6.31. The first kappa shape index (κ1) is 33.2. The summed E-state index contributed by atoms with van der Waals surface area (Å²) in [5, 5.41) is 7.85. The van der Waals surface area contributed by atoms with Crippen molar-refractivity contribution in [2.75, 3.05) is 10.3 Å². The van der Waals surface area contributed by atoms with E-state index in [4.69, 9.17) is 23.2 Å². The molecule has 0 aliphatic rings. The molecule has 0 fully saturated rings. The number of aryl methyl sites for hydroxylation is 1. The minimum atomic E-state index is -4.79. The third kappa shape index (κ3) is 7.88. The van der Waals surface area contributed by atoms with E-state index in [-0.39, 0.29) is 22.0 Å². The number of nitrogens with one attached hydrogen (secondary N) is 1. The molecule has 1 unspecified atom stereocenters. The first-order chi connectivity index (χ1) is 21.3. The SMILES string of the molecule is CC(C)CCCC(c1cc(-c2c(NC=O)cnn2C)ccn1)n1cnc(-c2cc(Cl)ccc2N(N)/C=C(\N)C(F)(F)F)cc1=O. The number of anilines is 2. The maximum atomic E-state index is 13.7. The van der Waals surface area contributed by atoms with Crippen molar-refractivity contribution in [3.05, 3.63) is 88.1 Å². The zero-order valence-corrected chi connectivity index (χ0v) is 25.5. The zero-order chi connectivity index (χ0) is 32.9. The van der Waals surface area contributed by atoms with E-state index >= 15 is 0 Å². The fraction of sp³-hybridized carbons (Fsp3) is 0.300. The minimum absolute atomic E-state index is 0.0926. The standard InChI is InChI=1S/C30H33ClF3N9O2/c1-18(2)5-4-6-26(23-11-19(9-10-37-23)29-24(39-17-44)14-40-41(29)3)42-16-38-22(13-28(42)45)21-12-20(31)7-8-25(21)43(36)15-27(35)30(32,33)34/h7-18,26H,4-6,35-36H2,1-3H3,(H,39,44)/b27-15-. The fourth-order valence-electron chi connectivity index (χ4n) is 4.90. The van der Waals surface area contributed by atoms with Crippen LogP contribution in [0, 0.1) is 5.92 Å². The predicted molar refractivity (Wildman–Crippen MR) is 167 cm³/mol. The van der Waals surface area contributed by atoms with Gasteiger partial charge >= 0.3 is 6.18 Å². The molecule has 3 aromatic heterocycles. The normalized spacial score (nSPS) is 12.8. The molecular weight excluding hydrogens is 611 g/mol. The Bertz CT molecular complexity index is 1750. The number of nitrogens with zero attached hydrogens (tertiary/aromatic N) is 6. The highest BCUT2D eigenvalue weighted by Crippen LogP contribution is 2.34. The number of hydrazine groups is 1. The van der Waals surface area contributed by atoms with E-state index in [9.17, 15) is 22.8 Å². The number of alkyl halides is 3. The maximum absolute atomic E-state index is 13.7. The number of hydrogen-bond donors (Lipinski definition) is 3. The van der Waals surface area contributed by atoms with Crippen LogP contribution in [0.5, 0.6) is 0 Å². The fourth-order valence-corrected chi connectivity index (χ4v) is 5.07. The van der Waals surface area contributed by atoms with Crippen LogP contribution in [-0.2, 0) is 11.8 Å². The van der Waals surface area contributed by atoms with Crippen molar-refractivity contribution in [3.63, 3.8) is 0 Å². The van der Waals surface area contributed by atoms with Crippen molar-refractivity contribution in [1.29, 1.82) is 0 Å². The Balaban J connectivity index is 1.78. The van der Waals surface area contributed by atoms with Crippen LogP contribution in [0.25, 0.3) is 22.5 Å². The molecule has 0 radical (unpaired) electrons. The van der Waals surface area contributed by atoms with Gasteiger partial charge in [0, 0.05) is 41.7 Å². The Kier molecular flexibility index (Phi) is 10.3. The molecule has 45 heavy (non-hydrogen) atoms. The van der Waals surface area contributed by atoms with E-state index < -0.39 is 23.5 Å². The lowest BCUT2D eigenvalue weighted by atomic mass is 9.99. The number of nitrogens with two attached hydrogens (primary N) is 2. The highest BCUT2D eigenvalue weighted by Gasteiger charge is 2.32. The van der Waals surface area contributed by atoms with Crippen LogP contribution >= 0.6 is 11.6 Å². The molecule has 238 valence electrons. The van der Waals surface area contributed by atoms with Gasteiger partial charge in [0.05, 0.1) is 47.0 Å². The molecule has 0 spiro atoms. The summed E-state index contributed by atoms with van der Waals surface area (Å²) in [7, 11) is 1.75. The number of carbonyl (C=O) groups excluding carboxylic acids is 1. The van der Waals surface area contributed by atoms with Gasteiger partial charge in [0.25, 0.3) is 5.56 Å². The van der Waals surface area contributed by atoms with E-state index in [1.807, 2.05) is 6.07 Å². The Morgan fingerprint density at radius 3 is 2.58 bits per heavy atom. The molecule has 3 heterocycles. The van der Waals surface area contributed by atoms with Gasteiger partial charge < -0.3 is 11.1 Å². The van der Waals surface area contributed by atoms with Gasteiger partial charge in [-0.05, 0) is 42.7 Å². The third-order valence-corrected chi connectivity index (χ3v) is 7.33. The molecule has 4 rings (SSSR count). The summed E-state index contributed by atoms with van der Waals surface area (Å²) in [5.74, 6) is 6.37. The molecule has 0 saturated heterocycles. The topological polar surface area (TPSA) is 150 Å².